The monoisotopic (exact) mass is 198 g/mol. The molecular formula is C13H26O. The SMILES string of the molecule is CCCC(CCC)OC1CCCCC1. The molecular weight excluding hydrogens is 172 g/mol. The number of hydrogen-bond acceptors (Lipinski definition) is 1. The van der Waals surface area contributed by atoms with Crippen molar-refractivity contribution in [2.45, 2.75) is 83.8 Å². The van der Waals surface area contributed by atoms with E-state index in [2.05, 4.69) is 13.8 Å². The van der Waals surface area contributed by atoms with Gasteiger partial charge in [-0.3, -0.25) is 0 Å². The van der Waals surface area contributed by atoms with Crippen LogP contribution in [0, 0.1) is 0 Å². The summed E-state index contributed by atoms with van der Waals surface area (Å²) in [6.07, 6.45) is 13.0. The average Bonchev–Trinajstić information content (AvgIpc) is 2.20. The fourth-order valence-corrected chi connectivity index (χ4v) is 2.40. The highest BCUT2D eigenvalue weighted by molar-refractivity contribution is 4.68. The molecule has 0 radical (unpaired) electrons. The molecule has 0 aromatic rings. The molecule has 0 amide bonds. The number of rotatable bonds is 6. The van der Waals surface area contributed by atoms with Gasteiger partial charge < -0.3 is 4.74 Å². The van der Waals surface area contributed by atoms with E-state index in [0.717, 1.165) is 0 Å². The predicted octanol–water partition coefficient (Wildman–Crippen LogP) is 4.30. The Morgan fingerprint density at radius 1 is 1.00 bits per heavy atom. The van der Waals surface area contributed by atoms with Gasteiger partial charge in [-0.05, 0) is 25.7 Å². The maximum atomic E-state index is 6.17. The van der Waals surface area contributed by atoms with Crippen molar-refractivity contribution in [3.8, 4) is 0 Å². The zero-order valence-electron chi connectivity index (χ0n) is 9.93. The third kappa shape index (κ3) is 4.45. The number of hydrogen-bond donors (Lipinski definition) is 0. The van der Waals surface area contributed by atoms with Gasteiger partial charge in [-0.25, -0.2) is 0 Å². The summed E-state index contributed by atoms with van der Waals surface area (Å²) < 4.78 is 6.17. The molecule has 0 aliphatic heterocycles. The quantitative estimate of drug-likeness (QED) is 0.618. The molecule has 0 aromatic carbocycles. The van der Waals surface area contributed by atoms with Crippen LogP contribution in [-0.4, -0.2) is 12.2 Å². The summed E-state index contributed by atoms with van der Waals surface area (Å²) in [5, 5.41) is 0. The lowest BCUT2D eigenvalue weighted by Crippen LogP contribution is -2.24. The molecule has 1 heteroatoms. The Morgan fingerprint density at radius 3 is 2.07 bits per heavy atom. The van der Waals surface area contributed by atoms with Gasteiger partial charge in [-0.1, -0.05) is 46.0 Å². The maximum absolute atomic E-state index is 6.17. The Balaban J connectivity index is 2.21. The van der Waals surface area contributed by atoms with Gasteiger partial charge in [0, 0.05) is 0 Å². The molecule has 0 bridgehead atoms. The smallest absolute Gasteiger partial charge is 0.0578 e. The van der Waals surface area contributed by atoms with Crippen molar-refractivity contribution < 1.29 is 4.74 Å². The summed E-state index contributed by atoms with van der Waals surface area (Å²) in [7, 11) is 0. The second-order valence-corrected chi connectivity index (χ2v) is 4.60. The maximum Gasteiger partial charge on any atom is 0.0578 e. The van der Waals surface area contributed by atoms with Crippen molar-refractivity contribution >= 4 is 0 Å². The Bertz CT molecular complexity index is 121. The molecule has 14 heavy (non-hydrogen) atoms. The van der Waals surface area contributed by atoms with Crippen molar-refractivity contribution in [2.24, 2.45) is 0 Å². The van der Waals surface area contributed by atoms with Crippen LogP contribution in [0.5, 0.6) is 0 Å². The van der Waals surface area contributed by atoms with Crippen LogP contribution in [0.1, 0.15) is 71.6 Å². The predicted molar refractivity (Wildman–Crippen MR) is 61.6 cm³/mol. The minimum atomic E-state index is 0.549. The topological polar surface area (TPSA) is 9.23 Å². The highest BCUT2D eigenvalue weighted by atomic mass is 16.5. The summed E-state index contributed by atoms with van der Waals surface area (Å²) in [5.74, 6) is 0. The molecule has 1 rings (SSSR count). The molecule has 1 aliphatic carbocycles. The molecule has 0 aromatic heterocycles. The van der Waals surface area contributed by atoms with Gasteiger partial charge >= 0.3 is 0 Å². The molecule has 0 atom stereocenters. The van der Waals surface area contributed by atoms with Crippen LogP contribution >= 0.6 is 0 Å². The van der Waals surface area contributed by atoms with E-state index < -0.39 is 0 Å². The number of ether oxygens (including phenoxy) is 1. The normalized spacial score (nSPS) is 19.1. The lowest BCUT2D eigenvalue weighted by Gasteiger charge is -2.27. The average molecular weight is 198 g/mol. The van der Waals surface area contributed by atoms with Crippen molar-refractivity contribution in [3.63, 3.8) is 0 Å². The summed E-state index contributed by atoms with van der Waals surface area (Å²) in [5.41, 5.74) is 0. The van der Waals surface area contributed by atoms with E-state index >= 15 is 0 Å². The molecule has 0 N–H and O–H groups in total. The van der Waals surface area contributed by atoms with Crippen molar-refractivity contribution in [3.05, 3.63) is 0 Å². The van der Waals surface area contributed by atoms with Gasteiger partial charge in [0.05, 0.1) is 12.2 Å². The van der Waals surface area contributed by atoms with E-state index in [4.69, 9.17) is 4.74 Å². The van der Waals surface area contributed by atoms with Crippen LogP contribution in [0.2, 0.25) is 0 Å². The van der Waals surface area contributed by atoms with Gasteiger partial charge in [0.1, 0.15) is 0 Å². The molecule has 84 valence electrons. The van der Waals surface area contributed by atoms with E-state index in [1.54, 1.807) is 0 Å². The molecule has 1 aliphatic rings. The highest BCUT2D eigenvalue weighted by Gasteiger charge is 2.17. The Hall–Kier alpha value is -0.0400. The standard InChI is InChI=1S/C13H26O/c1-3-8-12(9-4-2)14-13-10-6-5-7-11-13/h12-13H,3-11H2,1-2H3. The van der Waals surface area contributed by atoms with Gasteiger partial charge in [0.25, 0.3) is 0 Å². The zero-order valence-corrected chi connectivity index (χ0v) is 9.93. The molecule has 0 spiro atoms. The van der Waals surface area contributed by atoms with Crippen molar-refractivity contribution in [2.75, 3.05) is 0 Å². The van der Waals surface area contributed by atoms with Crippen LogP contribution in [0.4, 0.5) is 0 Å². The van der Waals surface area contributed by atoms with Crippen LogP contribution in [0.3, 0.4) is 0 Å². The summed E-state index contributed by atoms with van der Waals surface area (Å²) in [6, 6.07) is 0. The van der Waals surface area contributed by atoms with Crippen molar-refractivity contribution in [1.29, 1.82) is 0 Å². The first kappa shape index (κ1) is 12.0. The van der Waals surface area contributed by atoms with Gasteiger partial charge in [-0.15, -0.1) is 0 Å². The van der Waals surface area contributed by atoms with Gasteiger partial charge in [0.2, 0.25) is 0 Å². The van der Waals surface area contributed by atoms with E-state index in [1.165, 1.54) is 57.8 Å². The molecule has 0 unspecified atom stereocenters. The molecule has 1 fully saturated rings. The van der Waals surface area contributed by atoms with Crippen LogP contribution in [-0.2, 0) is 4.74 Å². The van der Waals surface area contributed by atoms with E-state index in [9.17, 15) is 0 Å². The lowest BCUT2D eigenvalue weighted by atomic mass is 9.97. The van der Waals surface area contributed by atoms with Crippen LogP contribution < -0.4 is 0 Å². The zero-order chi connectivity index (χ0) is 10.2. The summed E-state index contributed by atoms with van der Waals surface area (Å²) in [6.45, 7) is 4.51. The largest absolute Gasteiger partial charge is 0.375 e. The lowest BCUT2D eigenvalue weighted by molar-refractivity contribution is -0.0374. The Morgan fingerprint density at radius 2 is 1.57 bits per heavy atom. The van der Waals surface area contributed by atoms with E-state index in [1.807, 2.05) is 0 Å². The van der Waals surface area contributed by atoms with Gasteiger partial charge in [0.15, 0.2) is 0 Å². The third-order valence-corrected chi connectivity index (χ3v) is 3.16. The minimum absolute atomic E-state index is 0.549. The Kier molecular flexibility index (Phi) is 6.25. The second-order valence-electron chi connectivity index (χ2n) is 4.60. The summed E-state index contributed by atoms with van der Waals surface area (Å²) in [4.78, 5) is 0. The van der Waals surface area contributed by atoms with Gasteiger partial charge in [-0.2, -0.15) is 0 Å². The first-order valence-electron chi connectivity index (χ1n) is 6.52. The summed E-state index contributed by atoms with van der Waals surface area (Å²) >= 11 is 0. The first-order valence-corrected chi connectivity index (χ1v) is 6.52. The fourth-order valence-electron chi connectivity index (χ4n) is 2.40. The van der Waals surface area contributed by atoms with Crippen molar-refractivity contribution in [1.82, 2.24) is 0 Å². The van der Waals surface area contributed by atoms with E-state index in [0.29, 0.717) is 12.2 Å². The molecule has 0 saturated heterocycles. The second kappa shape index (κ2) is 7.28. The van der Waals surface area contributed by atoms with E-state index in [-0.39, 0.29) is 0 Å². The molecule has 0 heterocycles. The third-order valence-electron chi connectivity index (χ3n) is 3.16. The van der Waals surface area contributed by atoms with Crippen LogP contribution in [0.25, 0.3) is 0 Å². The minimum Gasteiger partial charge on any atom is -0.375 e. The fraction of sp³-hybridized carbons (Fsp3) is 1.00. The molecule has 1 nitrogen and oxygen atoms in total. The molecule has 1 saturated carbocycles. The Labute approximate surface area is 89.2 Å². The highest BCUT2D eigenvalue weighted by Crippen LogP contribution is 2.23. The van der Waals surface area contributed by atoms with Crippen LogP contribution in [0.15, 0.2) is 0 Å². The first-order chi connectivity index (χ1) is 6.86.